The number of nitrogens with one attached hydrogen (secondary N) is 1. The minimum absolute atomic E-state index is 0.136. The number of hydrogen-bond acceptors (Lipinski definition) is 7. The molecule has 0 unspecified atom stereocenters. The van der Waals surface area contributed by atoms with Crippen LogP contribution in [0.4, 0.5) is 11.4 Å². The first-order valence-corrected chi connectivity index (χ1v) is 10.5. The van der Waals surface area contributed by atoms with Crippen molar-refractivity contribution in [3.63, 3.8) is 0 Å². The summed E-state index contributed by atoms with van der Waals surface area (Å²) in [7, 11) is 1.53. The molecule has 0 aliphatic heterocycles. The number of aromatic nitrogens is 2. The number of hydrogen-bond donors (Lipinski definition) is 1. The van der Waals surface area contributed by atoms with Crippen molar-refractivity contribution in [2.75, 3.05) is 19.0 Å². The van der Waals surface area contributed by atoms with Crippen LogP contribution in [0.3, 0.4) is 0 Å². The van der Waals surface area contributed by atoms with E-state index in [1.807, 2.05) is 0 Å². The van der Waals surface area contributed by atoms with E-state index >= 15 is 0 Å². The molecule has 0 aliphatic rings. The van der Waals surface area contributed by atoms with Gasteiger partial charge in [-0.15, -0.1) is 0 Å². The molecule has 31 heavy (non-hydrogen) atoms. The van der Waals surface area contributed by atoms with Crippen molar-refractivity contribution >= 4 is 51.5 Å². The minimum atomic E-state index is -0.669. The summed E-state index contributed by atoms with van der Waals surface area (Å²) in [5.74, 6) is -0.437. The van der Waals surface area contributed by atoms with E-state index in [0.29, 0.717) is 22.7 Å². The number of carbonyl (C=O) groups excluding carboxylic acids is 1. The average molecular weight is 463 g/mol. The fourth-order valence-corrected chi connectivity index (χ4v) is 3.89. The fourth-order valence-electron chi connectivity index (χ4n) is 2.79. The van der Waals surface area contributed by atoms with Gasteiger partial charge in [-0.1, -0.05) is 35.5 Å². The number of halogens is 1. The molecule has 2 aromatic carbocycles. The van der Waals surface area contributed by atoms with E-state index < -0.39 is 16.1 Å². The molecule has 0 aliphatic carbocycles. The number of nitro benzene ring substituents is 1. The second-order valence-electron chi connectivity index (χ2n) is 6.53. The lowest BCUT2D eigenvalue weighted by molar-refractivity contribution is -0.384. The maximum absolute atomic E-state index is 12.9. The Labute approximate surface area is 186 Å². The molecule has 0 radical (unpaired) electrons. The van der Waals surface area contributed by atoms with Gasteiger partial charge in [0, 0.05) is 19.2 Å². The number of rotatable bonds is 8. The lowest BCUT2D eigenvalue weighted by atomic mass is 10.2. The van der Waals surface area contributed by atoms with E-state index in [9.17, 15) is 19.7 Å². The van der Waals surface area contributed by atoms with Crippen molar-refractivity contribution in [1.82, 2.24) is 9.55 Å². The largest absolute Gasteiger partial charge is 0.383 e. The summed E-state index contributed by atoms with van der Waals surface area (Å²) in [6.45, 7) is 2.23. The maximum Gasteiger partial charge on any atom is 0.271 e. The smallest absolute Gasteiger partial charge is 0.271 e. The number of amides is 1. The predicted octanol–water partition coefficient (Wildman–Crippen LogP) is 3.72. The van der Waals surface area contributed by atoms with Crippen LogP contribution in [-0.4, -0.2) is 39.3 Å². The number of anilines is 1. The first-order chi connectivity index (χ1) is 14.8. The number of nitrogens with zero attached hydrogens (tertiary/aromatic N) is 3. The van der Waals surface area contributed by atoms with E-state index in [1.165, 1.54) is 29.9 Å². The normalized spacial score (nSPS) is 12.0. The van der Waals surface area contributed by atoms with Gasteiger partial charge in [0.2, 0.25) is 5.91 Å². The summed E-state index contributed by atoms with van der Waals surface area (Å²) in [4.78, 5) is 40.6. The van der Waals surface area contributed by atoms with E-state index in [4.69, 9.17) is 16.3 Å². The molecule has 11 heteroatoms. The molecule has 1 N–H and O–H groups in total. The molecule has 0 spiro atoms. The first-order valence-electron chi connectivity index (χ1n) is 9.21. The average Bonchev–Trinajstić information content (AvgIpc) is 2.74. The zero-order valence-corrected chi connectivity index (χ0v) is 18.3. The molecule has 0 saturated heterocycles. The van der Waals surface area contributed by atoms with E-state index in [0.717, 1.165) is 11.8 Å². The molecule has 1 heterocycles. The summed E-state index contributed by atoms with van der Waals surface area (Å²) >= 11 is 7.16. The topological polar surface area (TPSA) is 116 Å². The van der Waals surface area contributed by atoms with Crippen LogP contribution in [0.5, 0.6) is 0 Å². The zero-order chi connectivity index (χ0) is 22.5. The quantitative estimate of drug-likeness (QED) is 0.234. The van der Waals surface area contributed by atoms with Crippen LogP contribution in [0, 0.1) is 10.1 Å². The highest BCUT2D eigenvalue weighted by molar-refractivity contribution is 8.00. The Morgan fingerprint density at radius 1 is 1.35 bits per heavy atom. The van der Waals surface area contributed by atoms with E-state index in [-0.39, 0.29) is 28.5 Å². The third-order valence-electron chi connectivity index (χ3n) is 4.42. The van der Waals surface area contributed by atoms with Gasteiger partial charge in [-0.25, -0.2) is 4.98 Å². The van der Waals surface area contributed by atoms with Crippen molar-refractivity contribution in [2.24, 2.45) is 0 Å². The van der Waals surface area contributed by atoms with Crippen molar-refractivity contribution < 1.29 is 14.5 Å². The molecule has 3 aromatic rings. The highest BCUT2D eigenvalue weighted by Crippen LogP contribution is 2.29. The molecule has 0 saturated carbocycles. The molecule has 0 bridgehead atoms. The van der Waals surface area contributed by atoms with Gasteiger partial charge < -0.3 is 10.1 Å². The molecule has 0 fully saturated rings. The summed E-state index contributed by atoms with van der Waals surface area (Å²) in [5.41, 5.74) is 0.249. The lowest BCUT2D eigenvalue weighted by Crippen LogP contribution is -2.28. The first kappa shape index (κ1) is 22.7. The van der Waals surface area contributed by atoms with Gasteiger partial charge in [0.25, 0.3) is 11.2 Å². The monoisotopic (exact) mass is 462 g/mol. The number of benzene rings is 2. The zero-order valence-electron chi connectivity index (χ0n) is 16.7. The van der Waals surface area contributed by atoms with Gasteiger partial charge >= 0.3 is 0 Å². The third-order valence-corrected chi connectivity index (χ3v) is 5.84. The minimum Gasteiger partial charge on any atom is -0.383 e. The summed E-state index contributed by atoms with van der Waals surface area (Å²) in [6.07, 6.45) is 0. The van der Waals surface area contributed by atoms with Crippen LogP contribution in [0.2, 0.25) is 5.02 Å². The Kier molecular flexibility index (Phi) is 7.26. The lowest BCUT2D eigenvalue weighted by Gasteiger charge is -2.16. The van der Waals surface area contributed by atoms with Crippen LogP contribution < -0.4 is 10.9 Å². The van der Waals surface area contributed by atoms with Crippen LogP contribution >= 0.6 is 23.4 Å². The van der Waals surface area contributed by atoms with Crippen LogP contribution in [0.15, 0.2) is 52.4 Å². The molecule has 1 aromatic heterocycles. The number of ether oxygens (including phenoxy) is 1. The van der Waals surface area contributed by atoms with Crippen LogP contribution in [0.1, 0.15) is 6.92 Å². The van der Waals surface area contributed by atoms with Crippen molar-refractivity contribution in [1.29, 1.82) is 0 Å². The summed E-state index contributed by atoms with van der Waals surface area (Å²) in [5, 5.41) is 13.9. The number of thioether (sulfide) groups is 1. The Morgan fingerprint density at radius 3 is 2.81 bits per heavy atom. The number of fused-ring (bicyclic) bond motifs is 1. The van der Waals surface area contributed by atoms with Crippen molar-refractivity contribution in [3.05, 3.63) is 68.0 Å². The number of para-hydroxylation sites is 1. The SMILES string of the molecule is COCCn1c(S[C@@H](C)C(=O)Nc2cc([N+](=O)[O-])ccc2Cl)nc2ccccc2c1=O. The number of methoxy groups -OCH3 is 1. The second kappa shape index (κ2) is 9.90. The van der Waals surface area contributed by atoms with Gasteiger partial charge in [-0.2, -0.15) is 0 Å². The standard InChI is InChI=1S/C20H19ClN4O5S/c1-12(18(26)22-17-11-13(25(28)29)7-8-15(17)21)31-20-23-16-6-4-3-5-14(16)19(27)24(20)9-10-30-2/h3-8,11-12H,9-10H2,1-2H3,(H,22,26)/t12-/m0/s1. The highest BCUT2D eigenvalue weighted by Gasteiger charge is 2.21. The second-order valence-corrected chi connectivity index (χ2v) is 8.25. The Balaban J connectivity index is 1.88. The Hall–Kier alpha value is -2.95. The maximum atomic E-state index is 12.9. The molecular weight excluding hydrogens is 444 g/mol. The molecule has 1 atom stereocenters. The highest BCUT2D eigenvalue weighted by atomic mass is 35.5. The molecule has 9 nitrogen and oxygen atoms in total. The molecule has 3 rings (SSSR count). The summed E-state index contributed by atoms with van der Waals surface area (Å²) < 4.78 is 6.57. The molecule has 162 valence electrons. The van der Waals surface area contributed by atoms with Gasteiger partial charge in [0.1, 0.15) is 0 Å². The number of non-ortho nitro benzene ring substituents is 1. The molecule has 1 amide bonds. The van der Waals surface area contributed by atoms with Gasteiger partial charge in [-0.05, 0) is 25.1 Å². The van der Waals surface area contributed by atoms with Crippen LogP contribution in [0.25, 0.3) is 10.9 Å². The Morgan fingerprint density at radius 2 is 2.10 bits per heavy atom. The summed E-state index contributed by atoms with van der Waals surface area (Å²) in [6, 6.07) is 10.8. The van der Waals surface area contributed by atoms with Gasteiger partial charge in [0.15, 0.2) is 5.16 Å². The predicted molar refractivity (Wildman–Crippen MR) is 120 cm³/mol. The van der Waals surface area contributed by atoms with Crippen LogP contribution in [-0.2, 0) is 16.1 Å². The Bertz CT molecular complexity index is 1200. The molecular formula is C20H19ClN4O5S. The fraction of sp³-hybridized carbons (Fsp3) is 0.250. The van der Waals surface area contributed by atoms with E-state index in [2.05, 4.69) is 10.3 Å². The van der Waals surface area contributed by atoms with Crippen molar-refractivity contribution in [3.8, 4) is 0 Å². The number of carbonyl (C=O) groups is 1. The van der Waals surface area contributed by atoms with Gasteiger partial charge in [-0.3, -0.25) is 24.3 Å². The number of nitro groups is 1. The van der Waals surface area contributed by atoms with Gasteiger partial charge in [0.05, 0.1) is 44.9 Å². The van der Waals surface area contributed by atoms with E-state index in [1.54, 1.807) is 31.2 Å². The van der Waals surface area contributed by atoms with Crippen molar-refractivity contribution in [2.45, 2.75) is 23.9 Å². The third kappa shape index (κ3) is 5.22.